The van der Waals surface area contributed by atoms with Gasteiger partial charge in [-0.25, -0.2) is 26.8 Å². The number of ketones is 1. The molecule has 0 atom stereocenters. The first-order chi connectivity index (χ1) is 16.1. The average Bonchev–Trinajstić information content (AvgIpc) is 2.78. The molecule has 9 nitrogen and oxygen atoms in total. The highest BCUT2D eigenvalue weighted by atomic mass is 32.2. The Morgan fingerprint density at radius 2 is 1.65 bits per heavy atom. The third-order valence-electron chi connectivity index (χ3n) is 5.55. The van der Waals surface area contributed by atoms with Crippen molar-refractivity contribution in [3.8, 4) is 0 Å². The van der Waals surface area contributed by atoms with Gasteiger partial charge < -0.3 is 10.6 Å². The second-order valence-corrected chi connectivity index (χ2v) is 12.3. The third-order valence-corrected chi connectivity index (χ3v) is 8.43. The number of hydrogen-bond donors (Lipinski definition) is 2. The monoisotopic (exact) mass is 500 g/mol. The molecule has 11 heteroatoms. The van der Waals surface area contributed by atoms with Gasteiger partial charge in [0.15, 0.2) is 25.5 Å². The first kappa shape index (κ1) is 23.8. The molecule has 0 aliphatic heterocycles. The number of nitrogens with one attached hydrogen (secondary N) is 2. The molecule has 2 N–H and O–H groups in total. The van der Waals surface area contributed by atoms with Crippen LogP contribution in [0.3, 0.4) is 0 Å². The van der Waals surface area contributed by atoms with Gasteiger partial charge in [-0.05, 0) is 54.8 Å². The summed E-state index contributed by atoms with van der Waals surface area (Å²) in [6, 6.07) is 11.0. The van der Waals surface area contributed by atoms with Crippen LogP contribution in [0.5, 0.6) is 0 Å². The zero-order chi connectivity index (χ0) is 24.5. The second kappa shape index (κ2) is 9.15. The Kier molecular flexibility index (Phi) is 6.41. The number of Topliss-reactive ketones (excluding diaryl/α,β-unsaturated/α-hetero) is 1. The third kappa shape index (κ3) is 5.10. The molecule has 178 valence electrons. The molecular weight excluding hydrogens is 476 g/mol. The van der Waals surface area contributed by atoms with Crippen molar-refractivity contribution in [3.63, 3.8) is 0 Å². The number of fused-ring (bicyclic) bond motifs is 1. The van der Waals surface area contributed by atoms with E-state index in [2.05, 4.69) is 20.6 Å². The highest BCUT2D eigenvalue weighted by Crippen LogP contribution is 2.29. The van der Waals surface area contributed by atoms with Crippen molar-refractivity contribution in [1.82, 2.24) is 9.97 Å². The van der Waals surface area contributed by atoms with Crippen molar-refractivity contribution >= 4 is 48.5 Å². The standard InChI is InChI=1S/C23H24N4O5S2/c1-3-34(31,32)17-8-10-21(33(2,29)30)19(12-17)27-23-13-22(24-14-25-23)26-16-7-9-18-15(11-16)5-4-6-20(18)28/h7-14H,3-6H2,1-2H3,(H2,24,25,26,27). The Labute approximate surface area is 198 Å². The lowest BCUT2D eigenvalue weighted by Gasteiger charge is -2.16. The first-order valence-corrected chi connectivity index (χ1v) is 14.2. The smallest absolute Gasteiger partial charge is 0.178 e. The maximum atomic E-state index is 12.3. The molecule has 0 amide bonds. The minimum atomic E-state index is -3.64. The largest absolute Gasteiger partial charge is 0.340 e. The molecule has 0 fully saturated rings. The number of carbonyl (C=O) groups excluding carboxylic acids is 1. The molecule has 4 rings (SSSR count). The van der Waals surface area contributed by atoms with E-state index in [9.17, 15) is 21.6 Å². The highest BCUT2D eigenvalue weighted by Gasteiger charge is 2.20. The van der Waals surface area contributed by atoms with Crippen molar-refractivity contribution in [2.45, 2.75) is 36.0 Å². The number of anilines is 4. The second-order valence-electron chi connectivity index (χ2n) is 8.02. The van der Waals surface area contributed by atoms with Crippen molar-refractivity contribution in [2.24, 2.45) is 0 Å². The lowest BCUT2D eigenvalue weighted by atomic mass is 9.90. The first-order valence-electron chi connectivity index (χ1n) is 10.7. The molecule has 2 aromatic carbocycles. The topological polar surface area (TPSA) is 135 Å². The number of aryl methyl sites for hydroxylation is 1. The highest BCUT2D eigenvalue weighted by molar-refractivity contribution is 7.91. The van der Waals surface area contributed by atoms with Gasteiger partial charge >= 0.3 is 0 Å². The number of nitrogens with zero attached hydrogens (tertiary/aromatic N) is 2. The van der Waals surface area contributed by atoms with Gasteiger partial charge in [-0.2, -0.15) is 0 Å². The van der Waals surface area contributed by atoms with Crippen molar-refractivity contribution < 1.29 is 21.6 Å². The van der Waals surface area contributed by atoms with E-state index in [-0.39, 0.29) is 32.8 Å². The predicted octanol–water partition coefficient (Wildman–Crippen LogP) is 3.68. The van der Waals surface area contributed by atoms with E-state index in [1.54, 1.807) is 18.2 Å². The van der Waals surface area contributed by atoms with Crippen LogP contribution in [-0.2, 0) is 26.1 Å². The molecule has 0 saturated heterocycles. The van der Waals surface area contributed by atoms with Crippen molar-refractivity contribution in [2.75, 3.05) is 22.6 Å². The van der Waals surface area contributed by atoms with Gasteiger partial charge in [0.05, 0.1) is 21.2 Å². The summed E-state index contributed by atoms with van der Waals surface area (Å²) in [6.45, 7) is 1.52. The fourth-order valence-electron chi connectivity index (χ4n) is 3.79. The summed E-state index contributed by atoms with van der Waals surface area (Å²) in [6.07, 6.45) is 4.58. The lowest BCUT2D eigenvalue weighted by molar-refractivity contribution is 0.0972. The maximum Gasteiger partial charge on any atom is 0.178 e. The van der Waals surface area contributed by atoms with Crippen LogP contribution in [0.1, 0.15) is 35.7 Å². The molecule has 0 saturated carbocycles. The van der Waals surface area contributed by atoms with E-state index in [4.69, 9.17) is 0 Å². The van der Waals surface area contributed by atoms with Crippen molar-refractivity contribution in [1.29, 1.82) is 0 Å². The van der Waals surface area contributed by atoms with Crippen LogP contribution in [0.2, 0.25) is 0 Å². The van der Waals surface area contributed by atoms with Gasteiger partial charge in [-0.3, -0.25) is 4.79 Å². The molecule has 0 radical (unpaired) electrons. The van der Waals surface area contributed by atoms with E-state index in [1.165, 1.54) is 31.5 Å². The summed E-state index contributed by atoms with van der Waals surface area (Å²) in [5, 5.41) is 6.09. The molecule has 0 unspecified atom stereocenters. The van der Waals surface area contributed by atoms with E-state index < -0.39 is 19.7 Å². The quantitative estimate of drug-likeness (QED) is 0.498. The summed E-state index contributed by atoms with van der Waals surface area (Å²) in [5.41, 5.74) is 2.59. The molecular formula is C23H24N4O5S2. The Morgan fingerprint density at radius 3 is 2.35 bits per heavy atom. The maximum absolute atomic E-state index is 12.3. The molecule has 0 bridgehead atoms. The number of benzene rings is 2. The van der Waals surface area contributed by atoms with Crippen LogP contribution in [0, 0.1) is 0 Å². The molecule has 3 aromatic rings. The minimum absolute atomic E-state index is 0.0147. The predicted molar refractivity (Wildman–Crippen MR) is 130 cm³/mol. The molecule has 1 aliphatic carbocycles. The molecule has 1 aromatic heterocycles. The SMILES string of the molecule is CCS(=O)(=O)c1ccc(S(C)(=O)=O)c(Nc2cc(Nc3ccc4c(c3)CCCC4=O)ncn2)c1. The molecule has 1 heterocycles. The Bertz CT molecular complexity index is 1480. The van der Waals surface area contributed by atoms with Crippen LogP contribution >= 0.6 is 0 Å². The fourth-order valence-corrected chi connectivity index (χ4v) is 5.53. The van der Waals surface area contributed by atoms with Crippen LogP contribution in [-0.4, -0.2) is 44.6 Å². The Morgan fingerprint density at radius 1 is 0.912 bits per heavy atom. The molecule has 1 aliphatic rings. The zero-order valence-corrected chi connectivity index (χ0v) is 20.3. The Balaban J connectivity index is 1.64. The van der Waals surface area contributed by atoms with Crippen LogP contribution < -0.4 is 10.6 Å². The zero-order valence-electron chi connectivity index (χ0n) is 18.7. The Hall–Kier alpha value is -3.31. The normalized spacial score (nSPS) is 13.9. The number of sulfone groups is 2. The van der Waals surface area contributed by atoms with E-state index >= 15 is 0 Å². The summed E-state index contributed by atoms with van der Waals surface area (Å²) in [7, 11) is -7.18. The van der Waals surface area contributed by atoms with Gasteiger partial charge in [0.25, 0.3) is 0 Å². The van der Waals surface area contributed by atoms with E-state index in [1.807, 2.05) is 6.07 Å². The van der Waals surface area contributed by atoms with E-state index in [0.717, 1.165) is 35.9 Å². The van der Waals surface area contributed by atoms with Crippen LogP contribution in [0.15, 0.2) is 58.6 Å². The summed E-state index contributed by atoms with van der Waals surface area (Å²) < 4.78 is 49.2. The summed E-state index contributed by atoms with van der Waals surface area (Å²) in [4.78, 5) is 20.4. The summed E-state index contributed by atoms with van der Waals surface area (Å²) in [5.74, 6) is 0.758. The van der Waals surface area contributed by atoms with Gasteiger partial charge in [0.2, 0.25) is 0 Å². The number of carbonyl (C=O) groups is 1. The fraction of sp³-hybridized carbons (Fsp3) is 0.261. The van der Waals surface area contributed by atoms with Gasteiger partial charge in [0, 0.05) is 30.0 Å². The molecule has 0 spiro atoms. The van der Waals surface area contributed by atoms with Gasteiger partial charge in [-0.15, -0.1) is 0 Å². The number of rotatable bonds is 7. The van der Waals surface area contributed by atoms with Gasteiger partial charge in [0.1, 0.15) is 18.0 Å². The summed E-state index contributed by atoms with van der Waals surface area (Å²) >= 11 is 0. The average molecular weight is 501 g/mol. The van der Waals surface area contributed by atoms with Crippen molar-refractivity contribution in [3.05, 3.63) is 59.9 Å². The van der Waals surface area contributed by atoms with E-state index in [0.29, 0.717) is 12.2 Å². The molecule has 34 heavy (non-hydrogen) atoms. The minimum Gasteiger partial charge on any atom is -0.340 e. The number of aromatic nitrogens is 2. The van der Waals surface area contributed by atoms with Crippen LogP contribution in [0.4, 0.5) is 23.0 Å². The number of hydrogen-bond acceptors (Lipinski definition) is 9. The van der Waals surface area contributed by atoms with Gasteiger partial charge in [-0.1, -0.05) is 6.92 Å². The van der Waals surface area contributed by atoms with Crippen LogP contribution in [0.25, 0.3) is 0 Å². The lowest BCUT2D eigenvalue weighted by Crippen LogP contribution is -2.11.